The smallest absolute Gasteiger partial charge is 0.226 e. The molecule has 3 N–H and O–H groups in total. The van der Waals surface area contributed by atoms with Crippen LogP contribution in [0.5, 0.6) is 0 Å². The summed E-state index contributed by atoms with van der Waals surface area (Å²) in [4.78, 5) is 31.6. The fraction of sp³-hybridized carbons (Fsp3) is 0.148. The average molecular weight is 494 g/mol. The van der Waals surface area contributed by atoms with Crippen molar-refractivity contribution >= 4 is 44.9 Å². The van der Waals surface area contributed by atoms with Crippen molar-refractivity contribution in [3.05, 3.63) is 66.1 Å². The van der Waals surface area contributed by atoms with E-state index < -0.39 is 0 Å². The molecule has 9 heteroatoms. The first-order chi connectivity index (χ1) is 17.5. The zero-order chi connectivity index (χ0) is 24.8. The number of aromatic amines is 2. The summed E-state index contributed by atoms with van der Waals surface area (Å²) in [6.45, 7) is 5.81. The molecule has 0 saturated carbocycles. The maximum atomic E-state index is 12.1. The summed E-state index contributed by atoms with van der Waals surface area (Å²) in [7, 11) is 0. The van der Waals surface area contributed by atoms with Gasteiger partial charge in [-0.25, -0.2) is 4.98 Å². The molecule has 1 amide bonds. The lowest BCUT2D eigenvalue weighted by Gasteiger charge is -2.09. The zero-order valence-electron chi connectivity index (χ0n) is 20.0. The topological polar surface area (TPSA) is 112 Å². The number of rotatable bonds is 5. The van der Waals surface area contributed by atoms with Crippen molar-refractivity contribution < 1.29 is 4.79 Å². The van der Waals surface area contributed by atoms with Gasteiger partial charge in [-0.1, -0.05) is 13.8 Å². The molecule has 6 aromatic heterocycles. The number of carbonyl (C=O) groups excluding carboxylic acids is 1. The number of hydrogen-bond acceptors (Lipinski definition) is 6. The van der Waals surface area contributed by atoms with Crippen LogP contribution in [0.15, 0.2) is 61.2 Å². The predicted molar refractivity (Wildman–Crippen MR) is 144 cm³/mol. The lowest BCUT2D eigenvalue weighted by atomic mass is 10.1. The summed E-state index contributed by atoms with van der Waals surface area (Å²) in [6.07, 6.45) is 7.00. The molecule has 0 unspecified atom stereocenters. The fourth-order valence-electron chi connectivity index (χ4n) is 4.16. The fourth-order valence-corrected chi connectivity index (χ4v) is 5.04. The SMILES string of the molecule is Cc1ccc(-c2nccc3[nH]c(-c4[nH]nc5ncc(-c6cncc(NC(=O)C(C)C)c6)cc45)cc23)s1. The van der Waals surface area contributed by atoms with Crippen molar-refractivity contribution in [2.45, 2.75) is 20.8 Å². The number of hydrogen-bond donors (Lipinski definition) is 3. The van der Waals surface area contributed by atoms with Crippen LogP contribution in [0.3, 0.4) is 0 Å². The Hall–Kier alpha value is -4.37. The molecule has 6 rings (SSSR count). The number of pyridine rings is 3. The average Bonchev–Trinajstić information content (AvgIpc) is 3.61. The quantitative estimate of drug-likeness (QED) is 0.265. The van der Waals surface area contributed by atoms with Gasteiger partial charge in [-0.2, -0.15) is 5.10 Å². The van der Waals surface area contributed by atoms with Gasteiger partial charge < -0.3 is 10.3 Å². The van der Waals surface area contributed by atoms with Crippen LogP contribution in [0.1, 0.15) is 18.7 Å². The number of nitrogens with zero attached hydrogens (tertiary/aromatic N) is 4. The third-order valence-corrected chi connectivity index (χ3v) is 7.07. The summed E-state index contributed by atoms with van der Waals surface area (Å²) in [6, 6.07) is 12.3. The van der Waals surface area contributed by atoms with E-state index in [2.05, 4.69) is 60.6 Å². The Morgan fingerprint density at radius 1 is 1.00 bits per heavy atom. The highest BCUT2D eigenvalue weighted by Crippen LogP contribution is 2.36. The number of H-pyrrole nitrogens is 2. The van der Waals surface area contributed by atoms with Crippen LogP contribution in [0.25, 0.3) is 55.0 Å². The van der Waals surface area contributed by atoms with E-state index in [4.69, 9.17) is 0 Å². The molecule has 0 aliphatic rings. The van der Waals surface area contributed by atoms with Gasteiger partial charge >= 0.3 is 0 Å². The van der Waals surface area contributed by atoms with E-state index in [-0.39, 0.29) is 11.8 Å². The molecule has 0 spiro atoms. The molecular formula is C27H23N7OS. The first-order valence-electron chi connectivity index (χ1n) is 11.6. The van der Waals surface area contributed by atoms with Crippen molar-refractivity contribution in [1.29, 1.82) is 0 Å². The van der Waals surface area contributed by atoms with Gasteiger partial charge in [0.05, 0.1) is 33.8 Å². The highest BCUT2D eigenvalue weighted by molar-refractivity contribution is 7.15. The number of aromatic nitrogens is 6. The Kier molecular flexibility index (Phi) is 5.34. The maximum Gasteiger partial charge on any atom is 0.226 e. The van der Waals surface area contributed by atoms with Gasteiger partial charge in [0.15, 0.2) is 5.65 Å². The third kappa shape index (κ3) is 3.93. The lowest BCUT2D eigenvalue weighted by Crippen LogP contribution is -2.17. The molecule has 0 aliphatic carbocycles. The van der Waals surface area contributed by atoms with Crippen molar-refractivity contribution in [3.63, 3.8) is 0 Å². The normalized spacial score (nSPS) is 11.6. The van der Waals surface area contributed by atoms with Gasteiger partial charge in [0.1, 0.15) is 0 Å². The zero-order valence-corrected chi connectivity index (χ0v) is 20.8. The minimum absolute atomic E-state index is 0.0509. The number of anilines is 1. The molecule has 0 aliphatic heterocycles. The molecule has 6 heterocycles. The Labute approximate surface area is 210 Å². The molecule has 0 aromatic carbocycles. The standard InChI is InChI=1S/C27H23N7OS/c1-14(2)27(35)31-18-8-16(11-28-13-18)17-9-20-24(33-34-26(20)30-12-17)22-10-19-21(32-22)6-7-29-25(19)23-5-4-15(3)36-23/h4-14,32H,1-3H3,(H,31,35)(H,30,33,34). The first-order valence-corrected chi connectivity index (χ1v) is 12.4. The van der Waals surface area contributed by atoms with E-state index >= 15 is 0 Å². The van der Waals surface area contributed by atoms with Crippen LogP contribution in [0, 0.1) is 12.8 Å². The minimum Gasteiger partial charge on any atom is -0.353 e. The van der Waals surface area contributed by atoms with E-state index in [0.29, 0.717) is 11.3 Å². The van der Waals surface area contributed by atoms with Gasteiger partial charge in [-0.15, -0.1) is 11.3 Å². The van der Waals surface area contributed by atoms with E-state index in [9.17, 15) is 4.79 Å². The van der Waals surface area contributed by atoms with Crippen LogP contribution in [-0.2, 0) is 4.79 Å². The van der Waals surface area contributed by atoms with Crippen LogP contribution in [0.2, 0.25) is 0 Å². The molecule has 36 heavy (non-hydrogen) atoms. The Balaban J connectivity index is 1.41. The number of carbonyl (C=O) groups is 1. The maximum absolute atomic E-state index is 12.1. The summed E-state index contributed by atoms with van der Waals surface area (Å²) in [5.41, 5.74) is 6.73. The second-order valence-electron chi connectivity index (χ2n) is 9.01. The van der Waals surface area contributed by atoms with Gasteiger partial charge in [-0.05, 0) is 43.3 Å². The highest BCUT2D eigenvalue weighted by Gasteiger charge is 2.16. The second-order valence-corrected chi connectivity index (χ2v) is 10.3. The van der Waals surface area contributed by atoms with Gasteiger partial charge in [0, 0.05) is 56.8 Å². The summed E-state index contributed by atoms with van der Waals surface area (Å²) >= 11 is 1.73. The molecule has 0 atom stereocenters. The lowest BCUT2D eigenvalue weighted by molar-refractivity contribution is -0.118. The Bertz CT molecular complexity index is 1740. The number of nitrogens with one attached hydrogen (secondary N) is 3. The minimum atomic E-state index is -0.115. The summed E-state index contributed by atoms with van der Waals surface area (Å²) in [5.74, 6) is -0.166. The number of thiophene rings is 1. The molecule has 0 fully saturated rings. The van der Waals surface area contributed by atoms with Gasteiger partial charge in [0.2, 0.25) is 5.91 Å². The molecular weight excluding hydrogens is 470 g/mol. The summed E-state index contributed by atoms with van der Waals surface area (Å²) < 4.78 is 0. The van der Waals surface area contributed by atoms with Crippen molar-refractivity contribution in [3.8, 4) is 33.1 Å². The largest absolute Gasteiger partial charge is 0.353 e. The molecule has 0 saturated heterocycles. The van der Waals surface area contributed by atoms with Crippen molar-refractivity contribution in [2.75, 3.05) is 5.32 Å². The van der Waals surface area contributed by atoms with E-state index in [1.165, 1.54) is 4.88 Å². The first kappa shape index (κ1) is 22.1. The molecule has 8 nitrogen and oxygen atoms in total. The Morgan fingerprint density at radius 3 is 2.67 bits per heavy atom. The van der Waals surface area contributed by atoms with Crippen LogP contribution >= 0.6 is 11.3 Å². The van der Waals surface area contributed by atoms with Crippen LogP contribution < -0.4 is 5.32 Å². The van der Waals surface area contributed by atoms with E-state index in [1.807, 2.05) is 38.2 Å². The van der Waals surface area contributed by atoms with E-state index in [1.54, 1.807) is 29.9 Å². The Morgan fingerprint density at radius 2 is 1.86 bits per heavy atom. The molecule has 6 aromatic rings. The monoisotopic (exact) mass is 493 g/mol. The third-order valence-electron chi connectivity index (χ3n) is 6.06. The number of fused-ring (bicyclic) bond motifs is 2. The molecule has 0 bridgehead atoms. The second kappa shape index (κ2) is 8.69. The highest BCUT2D eigenvalue weighted by atomic mass is 32.1. The van der Waals surface area contributed by atoms with Crippen molar-refractivity contribution in [1.82, 2.24) is 30.1 Å². The number of amides is 1. The summed E-state index contributed by atoms with van der Waals surface area (Å²) in [5, 5.41) is 12.4. The van der Waals surface area contributed by atoms with E-state index in [0.717, 1.165) is 49.4 Å². The van der Waals surface area contributed by atoms with Crippen LogP contribution in [0.4, 0.5) is 5.69 Å². The van der Waals surface area contributed by atoms with Gasteiger partial charge in [-0.3, -0.25) is 19.9 Å². The van der Waals surface area contributed by atoms with Crippen LogP contribution in [-0.4, -0.2) is 36.0 Å². The molecule has 178 valence electrons. The van der Waals surface area contributed by atoms with Crippen molar-refractivity contribution in [2.24, 2.45) is 5.92 Å². The van der Waals surface area contributed by atoms with Gasteiger partial charge in [0.25, 0.3) is 0 Å². The predicted octanol–water partition coefficient (Wildman–Crippen LogP) is 6.19. The molecule has 0 radical (unpaired) electrons. The number of aryl methyl sites for hydroxylation is 1.